The quantitative estimate of drug-likeness (QED) is 0.501. The van der Waals surface area contributed by atoms with E-state index < -0.39 is 0 Å². The van der Waals surface area contributed by atoms with Gasteiger partial charge in [0, 0.05) is 0 Å². The van der Waals surface area contributed by atoms with Crippen LogP contribution in [0.1, 0.15) is 6.92 Å². The molecule has 2 heteroatoms. The van der Waals surface area contributed by atoms with Crippen molar-refractivity contribution in [1.29, 1.82) is 0 Å². The van der Waals surface area contributed by atoms with Crippen molar-refractivity contribution in [2.75, 3.05) is 6.79 Å². The van der Waals surface area contributed by atoms with Crippen LogP contribution in [0.5, 0.6) is 0 Å². The summed E-state index contributed by atoms with van der Waals surface area (Å²) in [6, 6.07) is 0. The Morgan fingerprint density at radius 3 is 3.10 bits per heavy atom. The molecule has 0 aromatic carbocycles. The number of fused-ring (bicyclic) bond motifs is 1. The van der Waals surface area contributed by atoms with Gasteiger partial charge in [-0.05, 0) is 13.0 Å². The molecule has 10 heavy (non-hydrogen) atoms. The molecule has 0 bridgehead atoms. The summed E-state index contributed by atoms with van der Waals surface area (Å²) >= 11 is 0. The van der Waals surface area contributed by atoms with Crippen LogP contribution in [0, 0.1) is 0 Å². The number of allylic oxidation sites excluding steroid dienone is 2. The Morgan fingerprint density at radius 2 is 2.20 bits per heavy atom. The Bertz CT molecular complexity index is 193. The van der Waals surface area contributed by atoms with E-state index in [1.807, 2.05) is 6.08 Å². The first-order valence-corrected chi connectivity index (χ1v) is 3.46. The fourth-order valence-electron chi connectivity index (χ4n) is 1.26. The van der Waals surface area contributed by atoms with E-state index in [9.17, 15) is 0 Å². The summed E-state index contributed by atoms with van der Waals surface area (Å²) < 4.78 is 10.5. The summed E-state index contributed by atoms with van der Waals surface area (Å²) in [5.41, 5.74) is 1.26. The molecule has 2 rings (SSSR count). The highest BCUT2D eigenvalue weighted by Gasteiger charge is 2.26. The smallest absolute Gasteiger partial charge is 0.148 e. The van der Waals surface area contributed by atoms with Gasteiger partial charge in [-0.15, -0.1) is 0 Å². The van der Waals surface area contributed by atoms with Gasteiger partial charge in [0.05, 0.1) is 0 Å². The molecular formula is C8H10O2. The van der Waals surface area contributed by atoms with Crippen LogP contribution in [0.2, 0.25) is 0 Å². The third-order valence-corrected chi connectivity index (χ3v) is 1.82. The van der Waals surface area contributed by atoms with Crippen molar-refractivity contribution in [2.45, 2.75) is 19.1 Å². The van der Waals surface area contributed by atoms with Crippen LogP contribution in [-0.4, -0.2) is 19.0 Å². The van der Waals surface area contributed by atoms with Gasteiger partial charge in [0.2, 0.25) is 0 Å². The molecule has 0 amide bonds. The SMILES string of the molecule is CC1=C[C@@H]2OCOC2C=C1. The topological polar surface area (TPSA) is 18.5 Å². The van der Waals surface area contributed by atoms with Crippen LogP contribution in [0.3, 0.4) is 0 Å². The standard InChI is InChI=1S/C8H10O2/c1-6-2-3-7-8(4-6)10-5-9-7/h2-4,7-8H,5H2,1H3/t7?,8-/m0/s1. The zero-order chi connectivity index (χ0) is 6.97. The minimum atomic E-state index is 0.170. The average Bonchev–Trinajstić information content (AvgIpc) is 2.33. The van der Waals surface area contributed by atoms with Crippen molar-refractivity contribution in [3.63, 3.8) is 0 Å². The van der Waals surface area contributed by atoms with E-state index in [-0.39, 0.29) is 12.2 Å². The van der Waals surface area contributed by atoms with Crippen LogP contribution in [0.25, 0.3) is 0 Å². The second-order valence-electron chi connectivity index (χ2n) is 2.65. The monoisotopic (exact) mass is 138 g/mol. The molecule has 1 heterocycles. The third kappa shape index (κ3) is 0.895. The molecule has 0 spiro atoms. The van der Waals surface area contributed by atoms with Crippen LogP contribution in [0.4, 0.5) is 0 Å². The highest BCUT2D eigenvalue weighted by molar-refractivity contribution is 5.26. The Labute approximate surface area is 60.1 Å². The lowest BCUT2D eigenvalue weighted by molar-refractivity contribution is 0.0503. The summed E-state index contributed by atoms with van der Waals surface area (Å²) in [6.07, 6.45) is 6.55. The van der Waals surface area contributed by atoms with E-state index in [1.165, 1.54) is 5.57 Å². The number of hydrogen-bond acceptors (Lipinski definition) is 2. The summed E-state index contributed by atoms with van der Waals surface area (Å²) in [5, 5.41) is 0. The maximum atomic E-state index is 5.28. The first kappa shape index (κ1) is 6.13. The van der Waals surface area contributed by atoms with Crippen LogP contribution >= 0.6 is 0 Å². The molecule has 2 nitrogen and oxygen atoms in total. The van der Waals surface area contributed by atoms with E-state index in [0.717, 1.165) is 0 Å². The third-order valence-electron chi connectivity index (χ3n) is 1.82. The first-order valence-electron chi connectivity index (χ1n) is 3.46. The van der Waals surface area contributed by atoms with Gasteiger partial charge in [-0.2, -0.15) is 0 Å². The van der Waals surface area contributed by atoms with E-state index >= 15 is 0 Å². The van der Waals surface area contributed by atoms with Crippen molar-refractivity contribution < 1.29 is 9.47 Å². The predicted molar refractivity (Wildman–Crippen MR) is 37.5 cm³/mol. The van der Waals surface area contributed by atoms with Gasteiger partial charge in [0.25, 0.3) is 0 Å². The lowest BCUT2D eigenvalue weighted by Gasteiger charge is -2.13. The van der Waals surface area contributed by atoms with Crippen molar-refractivity contribution >= 4 is 0 Å². The van der Waals surface area contributed by atoms with Crippen molar-refractivity contribution in [3.8, 4) is 0 Å². The molecule has 1 fully saturated rings. The van der Waals surface area contributed by atoms with Crippen LogP contribution in [-0.2, 0) is 9.47 Å². The number of ether oxygens (including phenoxy) is 2. The Kier molecular flexibility index (Phi) is 1.36. The van der Waals surface area contributed by atoms with Gasteiger partial charge in [-0.25, -0.2) is 0 Å². The molecule has 0 radical (unpaired) electrons. The molecule has 1 saturated heterocycles. The molecule has 0 saturated carbocycles. The van der Waals surface area contributed by atoms with Crippen LogP contribution < -0.4 is 0 Å². The molecule has 1 aliphatic carbocycles. The van der Waals surface area contributed by atoms with E-state index in [4.69, 9.17) is 9.47 Å². The minimum Gasteiger partial charge on any atom is -0.345 e. The van der Waals surface area contributed by atoms with Gasteiger partial charge in [0.1, 0.15) is 19.0 Å². The molecule has 0 N–H and O–H groups in total. The molecule has 2 aliphatic rings. The van der Waals surface area contributed by atoms with E-state index in [0.29, 0.717) is 6.79 Å². The van der Waals surface area contributed by atoms with Crippen molar-refractivity contribution in [1.82, 2.24) is 0 Å². The summed E-state index contributed by atoms with van der Waals surface area (Å²) in [7, 11) is 0. The maximum Gasteiger partial charge on any atom is 0.148 e. The van der Waals surface area contributed by atoms with Gasteiger partial charge >= 0.3 is 0 Å². The highest BCUT2D eigenvalue weighted by Crippen LogP contribution is 2.21. The molecule has 1 aliphatic heterocycles. The molecule has 2 atom stereocenters. The average molecular weight is 138 g/mol. The second-order valence-corrected chi connectivity index (χ2v) is 2.65. The lowest BCUT2D eigenvalue weighted by atomic mass is 10.0. The Morgan fingerprint density at radius 1 is 1.40 bits per heavy atom. The molecule has 0 aromatic heterocycles. The normalized spacial score (nSPS) is 37.5. The lowest BCUT2D eigenvalue weighted by Crippen LogP contribution is -2.20. The number of rotatable bonds is 0. The molecule has 0 aromatic rings. The van der Waals surface area contributed by atoms with E-state index in [1.54, 1.807) is 0 Å². The van der Waals surface area contributed by atoms with Gasteiger partial charge in [-0.3, -0.25) is 0 Å². The van der Waals surface area contributed by atoms with Gasteiger partial charge in [0.15, 0.2) is 0 Å². The van der Waals surface area contributed by atoms with Crippen molar-refractivity contribution in [2.24, 2.45) is 0 Å². The highest BCUT2D eigenvalue weighted by atomic mass is 16.7. The zero-order valence-corrected chi connectivity index (χ0v) is 5.91. The predicted octanol–water partition coefficient (Wildman–Crippen LogP) is 1.24. The van der Waals surface area contributed by atoms with Crippen LogP contribution in [0.15, 0.2) is 23.8 Å². The first-order chi connectivity index (χ1) is 4.86. The molecule has 1 unspecified atom stereocenters. The summed E-state index contributed by atoms with van der Waals surface area (Å²) in [4.78, 5) is 0. The fraction of sp³-hybridized carbons (Fsp3) is 0.500. The van der Waals surface area contributed by atoms with Crippen molar-refractivity contribution in [3.05, 3.63) is 23.8 Å². The fourth-order valence-corrected chi connectivity index (χ4v) is 1.26. The molecule has 54 valence electrons. The zero-order valence-electron chi connectivity index (χ0n) is 5.91. The van der Waals surface area contributed by atoms with Gasteiger partial charge in [-0.1, -0.05) is 17.7 Å². The molecular weight excluding hydrogens is 128 g/mol. The van der Waals surface area contributed by atoms with E-state index in [2.05, 4.69) is 19.1 Å². The maximum absolute atomic E-state index is 5.28. The largest absolute Gasteiger partial charge is 0.345 e. The minimum absolute atomic E-state index is 0.170. The second kappa shape index (κ2) is 2.22. The Balaban J connectivity index is 2.20. The Hall–Kier alpha value is -0.600. The van der Waals surface area contributed by atoms with Gasteiger partial charge < -0.3 is 9.47 Å². The summed E-state index contributed by atoms with van der Waals surface area (Å²) in [6.45, 7) is 2.50. The number of hydrogen-bond donors (Lipinski definition) is 0. The summed E-state index contributed by atoms with van der Waals surface area (Å²) in [5.74, 6) is 0.